The maximum atomic E-state index is 10.7. The van der Waals surface area contributed by atoms with Gasteiger partial charge in [0.15, 0.2) is 0 Å². The Bertz CT molecular complexity index is 418. The van der Waals surface area contributed by atoms with Crippen LogP contribution >= 0.6 is 23.1 Å². The van der Waals surface area contributed by atoms with Crippen molar-refractivity contribution in [1.82, 2.24) is 0 Å². The van der Waals surface area contributed by atoms with Gasteiger partial charge < -0.3 is 9.84 Å². The van der Waals surface area contributed by atoms with E-state index in [-0.39, 0.29) is 11.7 Å². The Hall–Kier alpha value is -0.0300. The van der Waals surface area contributed by atoms with Crippen LogP contribution in [0.25, 0.3) is 0 Å². The number of hydrogen-bond acceptors (Lipinski definition) is 4. The van der Waals surface area contributed by atoms with E-state index >= 15 is 0 Å². The van der Waals surface area contributed by atoms with Gasteiger partial charge in [0.25, 0.3) is 0 Å². The Kier molecular flexibility index (Phi) is 4.22. The number of rotatable bonds is 2. The van der Waals surface area contributed by atoms with E-state index in [1.807, 2.05) is 11.8 Å². The minimum absolute atomic E-state index is 0.0685. The quantitative estimate of drug-likeness (QED) is 0.901. The summed E-state index contributed by atoms with van der Waals surface area (Å²) in [5.74, 6) is 2.78. The summed E-state index contributed by atoms with van der Waals surface area (Å²) in [6, 6.07) is 0. The predicted molar refractivity (Wildman–Crippen MR) is 82.0 cm³/mol. The van der Waals surface area contributed by atoms with E-state index < -0.39 is 0 Å². The molecular weight excluding hydrogens is 276 g/mol. The Balaban J connectivity index is 1.72. The van der Waals surface area contributed by atoms with Crippen molar-refractivity contribution in [3.8, 4) is 0 Å². The van der Waals surface area contributed by atoms with Crippen molar-refractivity contribution in [2.75, 3.05) is 18.1 Å². The largest absolute Gasteiger partial charge is 0.388 e. The molecule has 0 aromatic carbocycles. The molecule has 1 aromatic heterocycles. The lowest BCUT2D eigenvalue weighted by atomic mass is 9.78. The lowest BCUT2D eigenvalue weighted by Gasteiger charge is -2.44. The second-order valence-corrected chi connectivity index (χ2v) is 7.82. The van der Waals surface area contributed by atoms with Crippen LogP contribution < -0.4 is 0 Å². The molecule has 106 valence electrons. The third-order valence-corrected chi connectivity index (χ3v) is 6.46. The van der Waals surface area contributed by atoms with Gasteiger partial charge in [-0.2, -0.15) is 23.1 Å². The average molecular weight is 298 g/mol. The highest BCUT2D eigenvalue weighted by atomic mass is 32.2. The minimum Gasteiger partial charge on any atom is -0.388 e. The van der Waals surface area contributed by atoms with E-state index in [1.165, 1.54) is 17.1 Å². The summed E-state index contributed by atoms with van der Waals surface area (Å²) in [5, 5.41) is 14.9. The van der Waals surface area contributed by atoms with Crippen LogP contribution in [0.2, 0.25) is 0 Å². The van der Waals surface area contributed by atoms with Crippen LogP contribution in [0.3, 0.4) is 0 Å². The number of thiophene rings is 1. The van der Waals surface area contributed by atoms with E-state index in [2.05, 4.69) is 17.7 Å². The summed E-state index contributed by atoms with van der Waals surface area (Å²) >= 11 is 3.72. The van der Waals surface area contributed by atoms with Gasteiger partial charge in [-0.15, -0.1) is 0 Å². The van der Waals surface area contributed by atoms with Gasteiger partial charge in [-0.05, 0) is 71.9 Å². The van der Waals surface area contributed by atoms with Crippen molar-refractivity contribution < 1.29 is 9.84 Å². The number of ether oxygens (including phenoxy) is 1. The van der Waals surface area contributed by atoms with Crippen molar-refractivity contribution in [2.45, 2.75) is 44.3 Å². The maximum Gasteiger partial charge on any atom is 0.0830 e. The molecule has 0 bridgehead atoms. The molecule has 2 aliphatic heterocycles. The van der Waals surface area contributed by atoms with Crippen LogP contribution in [0.1, 0.15) is 42.9 Å². The summed E-state index contributed by atoms with van der Waals surface area (Å²) in [4.78, 5) is 0. The fourth-order valence-corrected chi connectivity index (χ4v) is 5.47. The molecule has 2 unspecified atom stereocenters. The lowest BCUT2D eigenvalue weighted by Crippen LogP contribution is -2.44. The van der Waals surface area contributed by atoms with E-state index in [9.17, 15) is 5.11 Å². The van der Waals surface area contributed by atoms with E-state index in [1.54, 1.807) is 11.3 Å². The molecule has 2 fully saturated rings. The Morgan fingerprint density at radius 2 is 2.16 bits per heavy atom. The number of aryl methyl sites for hydroxylation is 1. The molecule has 19 heavy (non-hydrogen) atoms. The van der Waals surface area contributed by atoms with Crippen molar-refractivity contribution in [3.05, 3.63) is 21.9 Å². The molecule has 4 heteroatoms. The first kappa shape index (κ1) is 13.9. The molecule has 3 heterocycles. The van der Waals surface area contributed by atoms with Crippen LogP contribution in [0, 0.1) is 12.8 Å². The van der Waals surface area contributed by atoms with E-state index in [4.69, 9.17) is 4.74 Å². The van der Waals surface area contributed by atoms with Gasteiger partial charge in [0.2, 0.25) is 0 Å². The molecule has 2 atom stereocenters. The zero-order valence-electron chi connectivity index (χ0n) is 11.4. The minimum atomic E-state index is -0.304. The first-order valence-electron chi connectivity index (χ1n) is 7.13. The van der Waals surface area contributed by atoms with Crippen molar-refractivity contribution >= 4 is 23.1 Å². The molecular formula is C15H22O2S2. The van der Waals surface area contributed by atoms with Gasteiger partial charge in [0.1, 0.15) is 0 Å². The van der Waals surface area contributed by atoms with Crippen molar-refractivity contribution in [2.24, 2.45) is 5.92 Å². The zero-order valence-corrected chi connectivity index (χ0v) is 13.1. The van der Waals surface area contributed by atoms with Crippen LogP contribution in [-0.4, -0.2) is 28.8 Å². The molecule has 0 aliphatic carbocycles. The van der Waals surface area contributed by atoms with E-state index in [0.29, 0.717) is 5.92 Å². The van der Waals surface area contributed by atoms with Crippen LogP contribution in [0.15, 0.2) is 10.8 Å². The predicted octanol–water partition coefficient (Wildman–Crippen LogP) is 3.78. The molecule has 3 rings (SSSR count). The van der Waals surface area contributed by atoms with Gasteiger partial charge in [0.05, 0.1) is 11.7 Å². The Morgan fingerprint density at radius 1 is 1.37 bits per heavy atom. The molecule has 1 N–H and O–H groups in total. The topological polar surface area (TPSA) is 29.5 Å². The van der Waals surface area contributed by atoms with Gasteiger partial charge in [-0.25, -0.2) is 0 Å². The molecule has 0 amide bonds. The number of hydrogen-bond donors (Lipinski definition) is 1. The first-order valence-corrected chi connectivity index (χ1v) is 9.22. The van der Waals surface area contributed by atoms with Gasteiger partial charge in [0, 0.05) is 6.61 Å². The third-order valence-electron chi connectivity index (χ3n) is 4.60. The van der Waals surface area contributed by atoms with Crippen LogP contribution in [0.5, 0.6) is 0 Å². The molecule has 1 spiro atoms. The average Bonchev–Trinajstić information content (AvgIpc) is 2.85. The molecule has 2 saturated heterocycles. The summed E-state index contributed by atoms with van der Waals surface area (Å²) in [6.45, 7) is 2.91. The second kappa shape index (κ2) is 5.76. The smallest absolute Gasteiger partial charge is 0.0830 e. The normalized spacial score (nSPS) is 28.4. The standard InChI is InChI=1S/C15H22O2S2/c1-11-9-19-10-13(11)14(16)12-2-5-17-15(8-12)3-6-18-7-4-15/h9-10,12,14,16H,2-8H2,1H3. The zero-order chi connectivity index (χ0) is 13.3. The van der Waals surface area contributed by atoms with Gasteiger partial charge in [-0.3, -0.25) is 0 Å². The Labute approximate surface area is 123 Å². The SMILES string of the molecule is Cc1cscc1C(O)C1CCOC2(CCSCC2)C1. The summed E-state index contributed by atoms with van der Waals surface area (Å²) < 4.78 is 6.11. The monoisotopic (exact) mass is 298 g/mol. The number of thioether (sulfide) groups is 1. The summed E-state index contributed by atoms with van der Waals surface area (Å²) in [6.07, 6.45) is 4.03. The second-order valence-electron chi connectivity index (χ2n) is 5.85. The first-order chi connectivity index (χ1) is 9.20. The molecule has 0 radical (unpaired) electrons. The van der Waals surface area contributed by atoms with Gasteiger partial charge in [-0.1, -0.05) is 0 Å². The fourth-order valence-electron chi connectivity index (χ4n) is 3.35. The molecule has 2 aliphatic rings. The number of aliphatic hydroxyl groups is 1. The van der Waals surface area contributed by atoms with Gasteiger partial charge >= 0.3 is 0 Å². The molecule has 0 saturated carbocycles. The highest BCUT2D eigenvalue weighted by molar-refractivity contribution is 7.99. The Morgan fingerprint density at radius 3 is 2.84 bits per heavy atom. The molecule has 2 nitrogen and oxygen atoms in total. The third kappa shape index (κ3) is 2.87. The fraction of sp³-hybridized carbons (Fsp3) is 0.733. The van der Waals surface area contributed by atoms with Crippen molar-refractivity contribution in [3.63, 3.8) is 0 Å². The summed E-state index contributed by atoms with van der Waals surface area (Å²) in [7, 11) is 0. The summed E-state index contributed by atoms with van der Waals surface area (Å²) in [5.41, 5.74) is 2.44. The highest BCUT2D eigenvalue weighted by Crippen LogP contribution is 2.44. The molecule has 1 aromatic rings. The van der Waals surface area contributed by atoms with Crippen molar-refractivity contribution in [1.29, 1.82) is 0 Å². The lowest BCUT2D eigenvalue weighted by molar-refractivity contribution is -0.121. The van der Waals surface area contributed by atoms with E-state index in [0.717, 1.165) is 37.9 Å². The maximum absolute atomic E-state index is 10.7. The van der Waals surface area contributed by atoms with Crippen LogP contribution in [-0.2, 0) is 4.74 Å². The van der Waals surface area contributed by atoms with Crippen LogP contribution in [0.4, 0.5) is 0 Å². The number of aliphatic hydroxyl groups excluding tert-OH is 1. The highest BCUT2D eigenvalue weighted by Gasteiger charge is 2.41.